The Balaban J connectivity index is 1.09. The van der Waals surface area contributed by atoms with Crippen molar-refractivity contribution in [1.29, 1.82) is 0 Å². The van der Waals surface area contributed by atoms with Crippen LogP contribution in [0.25, 0.3) is 117 Å². The standard InChI is InChI=1S/C57H36N4O/c1-5-18-37(19-6-1)41-34-42(38-20-7-2-8-21-38)36-43(35-41)56-58-55(40-24-11-4-12-25-40)59-57(60-56)48-27-14-16-31-50(48)61-49-30-15-13-26-47(49)52-51(61)33-32-46-45-29-17-28-44(53(45)62-54(46)52)39-22-9-3-10-23-39/h1-36H. The Morgan fingerprint density at radius 3 is 1.50 bits per heavy atom. The van der Waals surface area contributed by atoms with E-state index in [4.69, 9.17) is 19.4 Å². The Labute approximate surface area is 357 Å². The summed E-state index contributed by atoms with van der Waals surface area (Å²) in [5.41, 5.74) is 14.1. The monoisotopic (exact) mass is 792 g/mol. The second-order valence-electron chi connectivity index (χ2n) is 15.6. The SMILES string of the molecule is c1ccc(-c2cc(-c3ccccc3)cc(-c3nc(-c4ccccc4)nc(-c4ccccc4-n4c5ccccc5c5c6oc7c(-c8ccccc8)cccc7c6ccc54)n3)c2)cc1. The summed E-state index contributed by atoms with van der Waals surface area (Å²) in [6, 6.07) is 76.1. The highest BCUT2D eigenvalue weighted by Crippen LogP contribution is 2.44. The highest BCUT2D eigenvalue weighted by atomic mass is 16.3. The predicted molar refractivity (Wildman–Crippen MR) is 254 cm³/mol. The molecule has 0 fully saturated rings. The summed E-state index contributed by atoms with van der Waals surface area (Å²) in [7, 11) is 0. The maximum absolute atomic E-state index is 6.99. The van der Waals surface area contributed by atoms with Crippen molar-refractivity contribution >= 4 is 43.7 Å². The first-order valence-corrected chi connectivity index (χ1v) is 20.9. The van der Waals surface area contributed by atoms with Crippen LogP contribution in [0.1, 0.15) is 0 Å². The van der Waals surface area contributed by atoms with Crippen molar-refractivity contribution in [1.82, 2.24) is 19.5 Å². The normalized spacial score (nSPS) is 11.5. The fourth-order valence-electron chi connectivity index (χ4n) is 8.96. The van der Waals surface area contributed by atoms with E-state index < -0.39 is 0 Å². The number of benzene rings is 9. The van der Waals surface area contributed by atoms with E-state index in [2.05, 4.69) is 187 Å². The largest absolute Gasteiger partial charge is 0.455 e. The van der Waals surface area contributed by atoms with E-state index in [-0.39, 0.29) is 0 Å². The molecule has 12 rings (SSSR count). The topological polar surface area (TPSA) is 56.7 Å². The third-order valence-electron chi connectivity index (χ3n) is 11.8. The highest BCUT2D eigenvalue weighted by molar-refractivity contribution is 6.24. The van der Waals surface area contributed by atoms with Crippen LogP contribution in [0.15, 0.2) is 223 Å². The van der Waals surface area contributed by atoms with Gasteiger partial charge in [-0.05, 0) is 76.3 Å². The minimum absolute atomic E-state index is 0.582. The van der Waals surface area contributed by atoms with Gasteiger partial charge in [0.2, 0.25) is 0 Å². The van der Waals surface area contributed by atoms with E-state index in [1.165, 1.54) is 0 Å². The average Bonchev–Trinajstić information content (AvgIpc) is 3.91. The van der Waals surface area contributed by atoms with Gasteiger partial charge in [0.05, 0.1) is 22.1 Å². The van der Waals surface area contributed by atoms with Crippen molar-refractivity contribution in [3.63, 3.8) is 0 Å². The molecule has 12 aromatic rings. The van der Waals surface area contributed by atoms with E-state index >= 15 is 0 Å². The van der Waals surface area contributed by atoms with Crippen LogP contribution in [0.2, 0.25) is 0 Å². The van der Waals surface area contributed by atoms with E-state index in [0.717, 1.165) is 99.5 Å². The molecule has 0 aliphatic carbocycles. The van der Waals surface area contributed by atoms with Gasteiger partial charge >= 0.3 is 0 Å². The predicted octanol–water partition coefficient (Wildman–Crippen LogP) is 14.9. The van der Waals surface area contributed by atoms with Crippen molar-refractivity contribution in [2.45, 2.75) is 0 Å². The molecule has 5 heteroatoms. The molecule has 0 saturated heterocycles. The van der Waals surface area contributed by atoms with Gasteiger partial charge in [-0.15, -0.1) is 0 Å². The summed E-state index contributed by atoms with van der Waals surface area (Å²) in [5, 5.41) is 4.35. The molecule has 0 aliphatic heterocycles. The van der Waals surface area contributed by atoms with Gasteiger partial charge in [0.1, 0.15) is 11.2 Å². The zero-order chi connectivity index (χ0) is 41.0. The van der Waals surface area contributed by atoms with Crippen molar-refractivity contribution in [2.24, 2.45) is 0 Å². The molecule has 0 spiro atoms. The lowest BCUT2D eigenvalue weighted by Gasteiger charge is -2.15. The Hall–Kier alpha value is -8.41. The first-order valence-electron chi connectivity index (χ1n) is 20.9. The zero-order valence-electron chi connectivity index (χ0n) is 33.5. The maximum Gasteiger partial charge on any atom is 0.166 e. The molecule has 0 N–H and O–H groups in total. The van der Waals surface area contributed by atoms with Crippen LogP contribution >= 0.6 is 0 Å². The molecular formula is C57H36N4O. The van der Waals surface area contributed by atoms with Crippen LogP contribution in [0.5, 0.6) is 0 Å². The summed E-state index contributed by atoms with van der Waals surface area (Å²) in [5.74, 6) is 1.78. The maximum atomic E-state index is 6.99. The summed E-state index contributed by atoms with van der Waals surface area (Å²) in [6.45, 7) is 0. The third-order valence-corrected chi connectivity index (χ3v) is 11.8. The lowest BCUT2D eigenvalue weighted by molar-refractivity contribution is 0.674. The molecule has 0 bridgehead atoms. The molecule has 62 heavy (non-hydrogen) atoms. The van der Waals surface area contributed by atoms with E-state index in [9.17, 15) is 0 Å². The second-order valence-corrected chi connectivity index (χ2v) is 15.6. The van der Waals surface area contributed by atoms with Crippen molar-refractivity contribution in [3.8, 4) is 73.2 Å². The number of nitrogens with zero attached hydrogens (tertiary/aromatic N) is 4. The molecule has 0 unspecified atom stereocenters. The molecular weight excluding hydrogens is 757 g/mol. The van der Waals surface area contributed by atoms with Gasteiger partial charge in [-0.2, -0.15) is 0 Å². The smallest absolute Gasteiger partial charge is 0.166 e. The highest BCUT2D eigenvalue weighted by Gasteiger charge is 2.23. The summed E-state index contributed by atoms with van der Waals surface area (Å²) in [6.07, 6.45) is 0. The van der Waals surface area contributed by atoms with Crippen LogP contribution in [0.3, 0.4) is 0 Å². The molecule has 290 valence electrons. The first-order chi connectivity index (χ1) is 30.7. The van der Waals surface area contributed by atoms with Gasteiger partial charge in [0.25, 0.3) is 0 Å². The second kappa shape index (κ2) is 14.7. The molecule has 3 heterocycles. The van der Waals surface area contributed by atoms with Gasteiger partial charge in [-0.3, -0.25) is 0 Å². The van der Waals surface area contributed by atoms with Crippen LogP contribution in [-0.4, -0.2) is 19.5 Å². The number of hydrogen-bond acceptors (Lipinski definition) is 4. The molecule has 9 aromatic carbocycles. The van der Waals surface area contributed by atoms with Crippen molar-refractivity contribution in [2.75, 3.05) is 0 Å². The Morgan fingerprint density at radius 2 is 0.806 bits per heavy atom. The molecule has 0 radical (unpaired) electrons. The van der Waals surface area contributed by atoms with E-state index in [1.807, 2.05) is 36.4 Å². The van der Waals surface area contributed by atoms with Gasteiger partial charge in [-0.1, -0.05) is 170 Å². The van der Waals surface area contributed by atoms with Crippen LogP contribution in [-0.2, 0) is 0 Å². The van der Waals surface area contributed by atoms with E-state index in [1.54, 1.807) is 0 Å². The van der Waals surface area contributed by atoms with Crippen LogP contribution in [0, 0.1) is 0 Å². The first kappa shape index (κ1) is 35.5. The molecule has 5 nitrogen and oxygen atoms in total. The average molecular weight is 793 g/mol. The molecule has 3 aromatic heterocycles. The number of aromatic nitrogens is 4. The van der Waals surface area contributed by atoms with Gasteiger partial charge in [0.15, 0.2) is 17.5 Å². The Bertz CT molecular complexity index is 3560. The molecule has 0 atom stereocenters. The van der Waals surface area contributed by atoms with Gasteiger partial charge < -0.3 is 8.98 Å². The number of para-hydroxylation sites is 3. The fraction of sp³-hybridized carbons (Fsp3) is 0. The zero-order valence-corrected chi connectivity index (χ0v) is 33.5. The minimum Gasteiger partial charge on any atom is -0.455 e. The van der Waals surface area contributed by atoms with Crippen molar-refractivity contribution in [3.05, 3.63) is 218 Å². The lowest BCUT2D eigenvalue weighted by Crippen LogP contribution is -2.03. The Morgan fingerprint density at radius 1 is 0.306 bits per heavy atom. The number of furan rings is 1. The Kier molecular flexibility index (Phi) is 8.42. The van der Waals surface area contributed by atoms with Crippen molar-refractivity contribution < 1.29 is 4.42 Å². The quantitative estimate of drug-likeness (QED) is 0.161. The number of rotatable bonds is 7. The number of hydrogen-bond donors (Lipinski definition) is 0. The van der Waals surface area contributed by atoms with E-state index in [0.29, 0.717) is 17.5 Å². The molecule has 0 saturated carbocycles. The number of fused-ring (bicyclic) bond motifs is 7. The van der Waals surface area contributed by atoms with Gasteiger partial charge in [-0.25, -0.2) is 15.0 Å². The molecule has 0 aliphatic rings. The van der Waals surface area contributed by atoms with Crippen LogP contribution < -0.4 is 0 Å². The molecule has 0 amide bonds. The third kappa shape index (κ3) is 5.98. The minimum atomic E-state index is 0.582. The summed E-state index contributed by atoms with van der Waals surface area (Å²) in [4.78, 5) is 15.8. The lowest BCUT2D eigenvalue weighted by atomic mass is 9.96. The van der Waals surface area contributed by atoms with Crippen LogP contribution in [0.4, 0.5) is 0 Å². The van der Waals surface area contributed by atoms with Gasteiger partial charge in [0, 0.05) is 38.4 Å². The summed E-state index contributed by atoms with van der Waals surface area (Å²) >= 11 is 0. The summed E-state index contributed by atoms with van der Waals surface area (Å²) < 4.78 is 9.32. The fourth-order valence-corrected chi connectivity index (χ4v) is 8.96.